The Morgan fingerprint density at radius 3 is 2.29 bits per heavy atom. The maximum Gasteiger partial charge on any atom is 0.0946 e. The first-order chi connectivity index (χ1) is 6.47. The number of nitrogens with two attached hydrogens (primary N) is 1. The summed E-state index contributed by atoms with van der Waals surface area (Å²) < 4.78 is 0. The minimum absolute atomic E-state index is 0.0151. The van der Waals surface area contributed by atoms with Crippen molar-refractivity contribution >= 4 is 5.84 Å². The maximum atomic E-state index is 5.94. The number of aliphatic imine (C=N–C) groups is 1. The molecule has 1 aliphatic rings. The Morgan fingerprint density at radius 1 is 1.21 bits per heavy atom. The van der Waals surface area contributed by atoms with Gasteiger partial charge in [-0.3, -0.25) is 4.99 Å². The van der Waals surface area contributed by atoms with Crippen LogP contribution in [0, 0.1) is 5.92 Å². The second-order valence-corrected chi connectivity index (χ2v) is 5.48. The van der Waals surface area contributed by atoms with Crippen molar-refractivity contribution in [3.05, 3.63) is 0 Å². The Kier molecular flexibility index (Phi) is 3.97. The number of hydrogen-bond acceptors (Lipinski definition) is 1. The van der Waals surface area contributed by atoms with Gasteiger partial charge in [-0.25, -0.2) is 0 Å². The van der Waals surface area contributed by atoms with Gasteiger partial charge in [0.05, 0.1) is 11.4 Å². The molecule has 2 N–H and O–H groups in total. The lowest BCUT2D eigenvalue weighted by molar-refractivity contribution is 0.366. The molecular formula is C12H24N2. The highest BCUT2D eigenvalue weighted by atomic mass is 14.9. The number of hydrogen-bond donors (Lipinski definition) is 1. The van der Waals surface area contributed by atoms with E-state index in [4.69, 9.17) is 5.73 Å². The van der Waals surface area contributed by atoms with E-state index in [-0.39, 0.29) is 5.54 Å². The molecule has 0 unspecified atom stereocenters. The van der Waals surface area contributed by atoms with E-state index in [0.29, 0.717) is 0 Å². The average Bonchev–Trinajstić information content (AvgIpc) is 2.02. The van der Waals surface area contributed by atoms with Crippen LogP contribution in [0.2, 0.25) is 0 Å². The smallest absolute Gasteiger partial charge is 0.0946 e. The average molecular weight is 196 g/mol. The van der Waals surface area contributed by atoms with Crippen LogP contribution in [0.15, 0.2) is 4.99 Å². The van der Waals surface area contributed by atoms with Crippen LogP contribution in [0.25, 0.3) is 0 Å². The van der Waals surface area contributed by atoms with Gasteiger partial charge in [0.25, 0.3) is 0 Å². The van der Waals surface area contributed by atoms with E-state index in [1.165, 1.54) is 32.1 Å². The standard InChI is InChI=1S/C12H24N2/c1-12(2,3)14-11(13)9-10-7-5-4-6-8-10/h10H,4-9H2,1-3H3,(H2,13,14). The van der Waals surface area contributed by atoms with E-state index in [1.807, 2.05) is 0 Å². The first-order valence-electron chi connectivity index (χ1n) is 5.81. The van der Waals surface area contributed by atoms with E-state index in [9.17, 15) is 0 Å². The Labute approximate surface area is 88.0 Å². The Hall–Kier alpha value is -0.530. The highest BCUT2D eigenvalue weighted by Crippen LogP contribution is 2.26. The van der Waals surface area contributed by atoms with Gasteiger partial charge in [0.2, 0.25) is 0 Å². The van der Waals surface area contributed by atoms with E-state index >= 15 is 0 Å². The van der Waals surface area contributed by atoms with Crippen molar-refractivity contribution in [2.45, 2.75) is 64.8 Å². The molecule has 82 valence electrons. The fourth-order valence-electron chi connectivity index (χ4n) is 2.16. The van der Waals surface area contributed by atoms with Gasteiger partial charge in [0.15, 0.2) is 0 Å². The fraction of sp³-hybridized carbons (Fsp3) is 0.917. The van der Waals surface area contributed by atoms with E-state index in [0.717, 1.165) is 18.2 Å². The Morgan fingerprint density at radius 2 is 1.79 bits per heavy atom. The van der Waals surface area contributed by atoms with Crippen LogP contribution in [-0.2, 0) is 0 Å². The van der Waals surface area contributed by atoms with E-state index in [2.05, 4.69) is 25.8 Å². The maximum absolute atomic E-state index is 5.94. The molecule has 1 saturated carbocycles. The summed E-state index contributed by atoms with van der Waals surface area (Å²) in [5.74, 6) is 1.65. The molecule has 0 spiro atoms. The first kappa shape index (κ1) is 11.5. The fourth-order valence-corrected chi connectivity index (χ4v) is 2.16. The first-order valence-corrected chi connectivity index (χ1v) is 5.81. The van der Waals surface area contributed by atoms with Crippen LogP contribution in [0.1, 0.15) is 59.3 Å². The summed E-state index contributed by atoms with van der Waals surface area (Å²) >= 11 is 0. The zero-order valence-corrected chi connectivity index (χ0v) is 9.84. The van der Waals surface area contributed by atoms with Crippen molar-refractivity contribution in [2.75, 3.05) is 0 Å². The molecule has 0 bridgehead atoms. The lowest BCUT2D eigenvalue weighted by atomic mass is 9.86. The van der Waals surface area contributed by atoms with Crippen LogP contribution in [0.3, 0.4) is 0 Å². The van der Waals surface area contributed by atoms with E-state index < -0.39 is 0 Å². The third kappa shape index (κ3) is 4.64. The number of nitrogens with zero attached hydrogens (tertiary/aromatic N) is 1. The van der Waals surface area contributed by atoms with Crippen molar-refractivity contribution in [3.63, 3.8) is 0 Å². The third-order valence-corrected chi connectivity index (χ3v) is 2.70. The third-order valence-electron chi connectivity index (χ3n) is 2.70. The lowest BCUT2D eigenvalue weighted by Gasteiger charge is -2.22. The molecule has 0 aromatic heterocycles. The zero-order valence-electron chi connectivity index (χ0n) is 9.84. The molecule has 1 fully saturated rings. The summed E-state index contributed by atoms with van der Waals surface area (Å²) in [6, 6.07) is 0. The molecule has 0 amide bonds. The molecule has 0 saturated heterocycles. The monoisotopic (exact) mass is 196 g/mol. The quantitative estimate of drug-likeness (QED) is 0.535. The molecule has 0 heterocycles. The van der Waals surface area contributed by atoms with Crippen molar-refractivity contribution in [1.29, 1.82) is 0 Å². The predicted octanol–water partition coefficient (Wildman–Crippen LogP) is 3.11. The highest BCUT2D eigenvalue weighted by molar-refractivity contribution is 5.80. The van der Waals surface area contributed by atoms with Crippen molar-refractivity contribution in [2.24, 2.45) is 16.6 Å². The van der Waals surface area contributed by atoms with Crippen LogP contribution in [0.4, 0.5) is 0 Å². The van der Waals surface area contributed by atoms with Gasteiger partial charge >= 0.3 is 0 Å². The van der Waals surface area contributed by atoms with E-state index in [1.54, 1.807) is 0 Å². The van der Waals surface area contributed by atoms with Crippen LogP contribution in [-0.4, -0.2) is 11.4 Å². The normalized spacial score (nSPS) is 21.2. The van der Waals surface area contributed by atoms with Gasteiger partial charge in [-0.05, 0) is 26.7 Å². The van der Waals surface area contributed by atoms with Gasteiger partial charge in [0.1, 0.15) is 0 Å². The van der Waals surface area contributed by atoms with Crippen LogP contribution in [0.5, 0.6) is 0 Å². The summed E-state index contributed by atoms with van der Waals surface area (Å²) in [5, 5.41) is 0. The minimum atomic E-state index is -0.0151. The summed E-state index contributed by atoms with van der Waals surface area (Å²) in [4.78, 5) is 4.50. The summed E-state index contributed by atoms with van der Waals surface area (Å²) in [6.45, 7) is 6.29. The zero-order chi connectivity index (χ0) is 10.6. The van der Waals surface area contributed by atoms with Crippen molar-refractivity contribution in [3.8, 4) is 0 Å². The summed E-state index contributed by atoms with van der Waals surface area (Å²) in [6.07, 6.45) is 7.88. The second-order valence-electron chi connectivity index (χ2n) is 5.48. The Bertz CT molecular complexity index is 195. The summed E-state index contributed by atoms with van der Waals surface area (Å²) in [5.41, 5.74) is 5.93. The predicted molar refractivity (Wildman–Crippen MR) is 62.6 cm³/mol. The van der Waals surface area contributed by atoms with Crippen molar-refractivity contribution in [1.82, 2.24) is 0 Å². The molecule has 0 atom stereocenters. The Balaban J connectivity index is 2.39. The molecule has 1 aliphatic carbocycles. The topological polar surface area (TPSA) is 38.4 Å². The lowest BCUT2D eigenvalue weighted by Crippen LogP contribution is -2.23. The highest BCUT2D eigenvalue weighted by Gasteiger charge is 2.16. The van der Waals surface area contributed by atoms with Crippen LogP contribution < -0.4 is 5.73 Å². The summed E-state index contributed by atoms with van der Waals surface area (Å²) in [7, 11) is 0. The molecule has 0 aromatic rings. The molecule has 1 rings (SSSR count). The van der Waals surface area contributed by atoms with Gasteiger partial charge in [-0.15, -0.1) is 0 Å². The number of amidine groups is 1. The minimum Gasteiger partial charge on any atom is -0.387 e. The molecule has 0 aliphatic heterocycles. The number of rotatable bonds is 2. The SMILES string of the molecule is CC(C)(C)N=C(N)CC1CCCCC1. The van der Waals surface area contributed by atoms with Gasteiger partial charge in [-0.1, -0.05) is 32.1 Å². The second kappa shape index (κ2) is 4.81. The van der Waals surface area contributed by atoms with Gasteiger partial charge in [0, 0.05) is 6.42 Å². The molecule has 14 heavy (non-hydrogen) atoms. The molecule has 2 nitrogen and oxygen atoms in total. The molecule has 0 aromatic carbocycles. The molecule has 2 heteroatoms. The van der Waals surface area contributed by atoms with Gasteiger partial charge < -0.3 is 5.73 Å². The molecule has 0 radical (unpaired) electrons. The van der Waals surface area contributed by atoms with Gasteiger partial charge in [-0.2, -0.15) is 0 Å². The largest absolute Gasteiger partial charge is 0.387 e. The van der Waals surface area contributed by atoms with Crippen LogP contribution >= 0.6 is 0 Å². The van der Waals surface area contributed by atoms with Crippen molar-refractivity contribution < 1.29 is 0 Å². The molecular weight excluding hydrogens is 172 g/mol.